The highest BCUT2D eigenvalue weighted by molar-refractivity contribution is 6.99. The van der Waals surface area contributed by atoms with E-state index in [4.69, 9.17) is 28.1 Å². The summed E-state index contributed by atoms with van der Waals surface area (Å²) in [5.74, 6) is 0. The Bertz CT molecular complexity index is 958. The molecule has 0 unspecified atom stereocenters. The van der Waals surface area contributed by atoms with Crippen LogP contribution in [0.15, 0.2) is 60.7 Å². The van der Waals surface area contributed by atoms with E-state index < -0.39 is 8.32 Å². The Hall–Kier alpha value is -1.58. The van der Waals surface area contributed by atoms with Crippen molar-refractivity contribution in [3.8, 4) is 0 Å². The lowest BCUT2D eigenvalue weighted by atomic mass is 9.98. The lowest BCUT2D eigenvalue weighted by Gasteiger charge is -2.43. The van der Waals surface area contributed by atoms with Crippen LogP contribution < -0.4 is 10.4 Å². The molecule has 0 saturated carbocycles. The highest BCUT2D eigenvalue weighted by atomic mass is 28.4. The third-order valence-corrected chi connectivity index (χ3v) is 13.9. The number of unbranched alkanes of at least 4 members (excludes halogenated alkanes) is 7. The topological polar surface area (TPSA) is 55.4 Å². The number of hydrogen-bond donors (Lipinski definition) is 0. The summed E-state index contributed by atoms with van der Waals surface area (Å²) >= 11 is 0. The van der Waals surface area contributed by atoms with Gasteiger partial charge in [-0.05, 0) is 21.8 Å². The van der Waals surface area contributed by atoms with Gasteiger partial charge >= 0.3 is 0 Å². The van der Waals surface area contributed by atoms with E-state index in [1.165, 1.54) is 55.3 Å². The van der Waals surface area contributed by atoms with Gasteiger partial charge in [-0.15, -0.1) is 0 Å². The monoisotopic (exact) mass is 614 g/mol. The van der Waals surface area contributed by atoms with Crippen molar-refractivity contribution in [1.29, 1.82) is 0 Å². The highest BCUT2D eigenvalue weighted by Crippen LogP contribution is 2.38. The van der Waals surface area contributed by atoms with Crippen LogP contribution in [0.2, 0.25) is 5.04 Å². The normalized spacial score (nSPS) is 21.7. The molecule has 0 N–H and O–H groups in total. The van der Waals surface area contributed by atoms with E-state index in [1.54, 1.807) is 21.3 Å². The van der Waals surface area contributed by atoms with Gasteiger partial charge < -0.3 is 28.1 Å². The number of methoxy groups -OCH3 is 3. The van der Waals surface area contributed by atoms with Crippen molar-refractivity contribution in [2.45, 2.75) is 121 Å². The van der Waals surface area contributed by atoms with E-state index in [2.05, 4.69) is 88.4 Å². The first-order valence-electron chi connectivity index (χ1n) is 16.4. The SMILES string of the molecule is CCCCCCCCCC[C@@H](OCOC)[C@@H]1O[C@@H](CO[Si](c2ccccc2)(c2ccccc2)C(C)(C)C)[C@@H](OC)[C@@H]1OC. The second kappa shape index (κ2) is 18.4. The zero-order chi connectivity index (χ0) is 31.1. The molecule has 0 amide bonds. The summed E-state index contributed by atoms with van der Waals surface area (Å²) in [5.41, 5.74) is 0. The van der Waals surface area contributed by atoms with Gasteiger partial charge in [-0.25, -0.2) is 0 Å². The molecule has 6 nitrogen and oxygen atoms in total. The van der Waals surface area contributed by atoms with Gasteiger partial charge in [0.25, 0.3) is 8.32 Å². The highest BCUT2D eigenvalue weighted by Gasteiger charge is 2.53. The standard InChI is InChI=1S/C36H58O6Si/c1-8-9-10-11-12-13-14-21-26-31(40-28-37-5)34-35(39-7)33(38-6)32(42-34)27-41-43(36(2,3)4,29-22-17-15-18-23-29)30-24-19-16-20-25-30/h15-20,22-25,31-35H,8-14,21,26-28H2,1-7H3/t31-,32+,33-,34+,35+/m1/s1. The van der Waals surface area contributed by atoms with Crippen LogP contribution in [0.4, 0.5) is 0 Å². The smallest absolute Gasteiger partial charge is 0.261 e. The van der Waals surface area contributed by atoms with Gasteiger partial charge in [-0.2, -0.15) is 0 Å². The first-order chi connectivity index (χ1) is 20.8. The number of ether oxygens (including phenoxy) is 5. The molecule has 1 saturated heterocycles. The molecule has 43 heavy (non-hydrogen) atoms. The average molecular weight is 615 g/mol. The molecule has 3 rings (SSSR count). The van der Waals surface area contributed by atoms with Crippen LogP contribution in [0.5, 0.6) is 0 Å². The lowest BCUT2D eigenvalue weighted by Crippen LogP contribution is -2.67. The molecule has 0 bridgehead atoms. The van der Waals surface area contributed by atoms with Crippen molar-refractivity contribution >= 4 is 18.7 Å². The second-order valence-corrected chi connectivity index (χ2v) is 17.2. The minimum Gasteiger partial charge on any atom is -0.405 e. The molecule has 0 aromatic heterocycles. The predicted molar refractivity (Wildman–Crippen MR) is 178 cm³/mol. The van der Waals surface area contributed by atoms with E-state index >= 15 is 0 Å². The minimum atomic E-state index is -2.73. The van der Waals surface area contributed by atoms with Crippen molar-refractivity contribution in [2.75, 3.05) is 34.7 Å². The lowest BCUT2D eigenvalue weighted by molar-refractivity contribution is -0.148. The number of rotatable bonds is 20. The van der Waals surface area contributed by atoms with Crippen LogP contribution in [0.3, 0.4) is 0 Å². The summed E-state index contributed by atoms with van der Waals surface area (Å²) in [4.78, 5) is 0. The van der Waals surface area contributed by atoms with Gasteiger partial charge in [-0.3, -0.25) is 0 Å². The molecule has 0 spiro atoms. The van der Waals surface area contributed by atoms with Crippen LogP contribution in [-0.4, -0.2) is 73.6 Å². The third kappa shape index (κ3) is 9.46. The average Bonchev–Trinajstić information content (AvgIpc) is 3.38. The zero-order valence-corrected chi connectivity index (χ0v) is 28.9. The minimum absolute atomic E-state index is 0.127. The fraction of sp³-hybridized carbons (Fsp3) is 0.667. The van der Waals surface area contributed by atoms with Gasteiger partial charge in [0.2, 0.25) is 0 Å². The van der Waals surface area contributed by atoms with Crippen molar-refractivity contribution in [3.63, 3.8) is 0 Å². The predicted octanol–water partition coefficient (Wildman–Crippen LogP) is 6.88. The van der Waals surface area contributed by atoms with Gasteiger partial charge in [0.1, 0.15) is 31.2 Å². The molecule has 1 aliphatic heterocycles. The molecule has 7 heteroatoms. The molecule has 1 fully saturated rings. The molecule has 1 aliphatic rings. The quantitative estimate of drug-likeness (QED) is 0.0921. The fourth-order valence-corrected chi connectivity index (χ4v) is 11.3. The van der Waals surface area contributed by atoms with Crippen molar-refractivity contribution in [2.24, 2.45) is 0 Å². The summed E-state index contributed by atoms with van der Waals surface area (Å²) in [6.07, 6.45) is 9.75. The maximum Gasteiger partial charge on any atom is 0.261 e. The third-order valence-electron chi connectivity index (χ3n) is 8.88. The Morgan fingerprint density at radius 2 is 1.28 bits per heavy atom. The molecule has 242 valence electrons. The Morgan fingerprint density at radius 1 is 0.744 bits per heavy atom. The summed E-state index contributed by atoms with van der Waals surface area (Å²) in [5, 5.41) is 2.37. The maximum atomic E-state index is 7.25. The molecule has 2 aromatic rings. The van der Waals surface area contributed by atoms with Crippen molar-refractivity contribution < 1.29 is 28.1 Å². The summed E-state index contributed by atoms with van der Waals surface area (Å²) < 4.78 is 37.7. The number of benzene rings is 2. The summed E-state index contributed by atoms with van der Waals surface area (Å²) in [6.45, 7) is 9.76. The second-order valence-electron chi connectivity index (χ2n) is 12.9. The van der Waals surface area contributed by atoms with E-state index in [0.717, 1.165) is 12.8 Å². The van der Waals surface area contributed by atoms with Crippen LogP contribution in [0.25, 0.3) is 0 Å². The zero-order valence-electron chi connectivity index (χ0n) is 27.9. The summed E-state index contributed by atoms with van der Waals surface area (Å²) in [7, 11) is 2.41. The largest absolute Gasteiger partial charge is 0.405 e. The molecule has 0 aliphatic carbocycles. The van der Waals surface area contributed by atoms with Crippen molar-refractivity contribution in [3.05, 3.63) is 60.7 Å². The first kappa shape index (κ1) is 35.9. The van der Waals surface area contributed by atoms with E-state index in [9.17, 15) is 0 Å². The Balaban J connectivity index is 1.79. The molecule has 2 aromatic carbocycles. The Kier molecular flexibility index (Phi) is 15.4. The van der Waals surface area contributed by atoms with Gasteiger partial charge in [-0.1, -0.05) is 140 Å². The Labute approximate surface area is 262 Å². The van der Waals surface area contributed by atoms with Gasteiger partial charge in [0.15, 0.2) is 0 Å². The van der Waals surface area contributed by atoms with Gasteiger partial charge in [0, 0.05) is 21.3 Å². The first-order valence-corrected chi connectivity index (χ1v) is 18.3. The molecular weight excluding hydrogens is 556 g/mol. The van der Waals surface area contributed by atoms with E-state index in [-0.39, 0.29) is 42.4 Å². The van der Waals surface area contributed by atoms with Crippen LogP contribution in [-0.2, 0) is 28.1 Å². The molecule has 1 heterocycles. The fourth-order valence-electron chi connectivity index (χ4n) is 6.69. The molecule has 5 atom stereocenters. The van der Waals surface area contributed by atoms with E-state index in [0.29, 0.717) is 6.61 Å². The van der Waals surface area contributed by atoms with Crippen LogP contribution in [0.1, 0.15) is 85.5 Å². The van der Waals surface area contributed by atoms with Gasteiger partial charge in [0.05, 0.1) is 12.7 Å². The van der Waals surface area contributed by atoms with Crippen LogP contribution >= 0.6 is 0 Å². The Morgan fingerprint density at radius 3 is 1.77 bits per heavy atom. The number of hydrogen-bond acceptors (Lipinski definition) is 6. The maximum absolute atomic E-state index is 7.25. The van der Waals surface area contributed by atoms with Crippen molar-refractivity contribution in [1.82, 2.24) is 0 Å². The molecular formula is C36H58O6Si. The van der Waals surface area contributed by atoms with Crippen LogP contribution in [0, 0.1) is 0 Å². The molecule has 0 radical (unpaired) electrons. The van der Waals surface area contributed by atoms with E-state index in [1.807, 2.05) is 0 Å². The summed E-state index contributed by atoms with van der Waals surface area (Å²) in [6, 6.07) is 21.4.